The molecule has 3 aromatic rings. The van der Waals surface area contributed by atoms with Crippen LogP contribution in [-0.4, -0.2) is 35.1 Å². The molecule has 0 spiro atoms. The number of pyridine rings is 2. The minimum Gasteiger partial charge on any atom is -0.382 e. The second kappa shape index (κ2) is 13.1. The van der Waals surface area contributed by atoms with Crippen molar-refractivity contribution in [2.75, 3.05) is 18.1 Å². The first-order chi connectivity index (χ1) is 16.9. The van der Waals surface area contributed by atoms with Gasteiger partial charge in [-0.2, -0.15) is 9.59 Å². The number of hydrogen-bond donors (Lipinski definition) is 1. The second-order valence-corrected chi connectivity index (χ2v) is 9.53. The zero-order valence-electron chi connectivity index (χ0n) is 19.8. The first kappa shape index (κ1) is 29.6. The summed E-state index contributed by atoms with van der Waals surface area (Å²) in [5.41, 5.74) is 2.69. The zero-order valence-corrected chi connectivity index (χ0v) is 22.1. The molecule has 0 amide bonds. The van der Waals surface area contributed by atoms with E-state index in [2.05, 4.69) is 9.97 Å². The van der Waals surface area contributed by atoms with Gasteiger partial charge in [0.15, 0.2) is 0 Å². The first-order valence-electron chi connectivity index (χ1n) is 10.3. The molecule has 2 aromatic heterocycles. The third kappa shape index (κ3) is 7.46. The summed E-state index contributed by atoms with van der Waals surface area (Å²) < 4.78 is 35.0. The molecule has 0 radical (unpaired) electrons. The van der Waals surface area contributed by atoms with Crippen molar-refractivity contribution in [3.05, 3.63) is 80.8 Å². The quantitative estimate of drug-likeness (QED) is 0.261. The maximum absolute atomic E-state index is 14.0. The number of methoxy groups -OCH3 is 1. The topological polar surface area (TPSA) is 92.6 Å². The number of benzene rings is 1. The molecule has 0 aliphatic rings. The standard InChI is InChI=1S/C23H23Cl2F2N3O2S.CO2/c1-13-7-8-28-14(2)20(13)22(31)21-19(9-15(24)11-29-21)30(12-32-4)33-16-5-6-18(25)17(10-16)23(3,26)27;2-1-3/h5-11,22,31H,12H2,1-4H3;. The lowest BCUT2D eigenvalue weighted by Crippen LogP contribution is -2.21. The predicted molar refractivity (Wildman–Crippen MR) is 133 cm³/mol. The molecule has 3 rings (SSSR count). The smallest absolute Gasteiger partial charge is 0.373 e. The van der Waals surface area contributed by atoms with Crippen LogP contribution in [0.25, 0.3) is 0 Å². The summed E-state index contributed by atoms with van der Waals surface area (Å²) >= 11 is 13.4. The van der Waals surface area contributed by atoms with Crippen LogP contribution in [0.3, 0.4) is 0 Å². The minimum atomic E-state index is -3.10. The number of alkyl halides is 2. The highest BCUT2D eigenvalue weighted by Crippen LogP contribution is 2.40. The molecular formula is C24H23Cl2F2N3O4S. The van der Waals surface area contributed by atoms with Crippen molar-refractivity contribution in [3.63, 3.8) is 0 Å². The third-order valence-corrected chi connectivity index (χ3v) is 6.47. The SMILES string of the molecule is COCN(Sc1ccc(Cl)c(C(C)(F)F)c1)c1cc(Cl)cnc1C(O)c1c(C)ccnc1C.O=C=O. The largest absolute Gasteiger partial charge is 0.382 e. The van der Waals surface area contributed by atoms with E-state index in [1.165, 1.54) is 25.4 Å². The molecule has 192 valence electrons. The van der Waals surface area contributed by atoms with E-state index in [1.807, 2.05) is 19.9 Å². The molecule has 12 heteroatoms. The highest BCUT2D eigenvalue weighted by Gasteiger charge is 2.29. The fourth-order valence-corrected chi connectivity index (χ4v) is 4.78. The van der Waals surface area contributed by atoms with Crippen molar-refractivity contribution in [2.45, 2.75) is 37.7 Å². The maximum atomic E-state index is 14.0. The molecule has 1 aromatic carbocycles. The maximum Gasteiger partial charge on any atom is 0.373 e. The highest BCUT2D eigenvalue weighted by molar-refractivity contribution is 8.00. The van der Waals surface area contributed by atoms with Crippen molar-refractivity contribution >= 4 is 47.0 Å². The number of rotatable bonds is 8. The summed E-state index contributed by atoms with van der Waals surface area (Å²) in [6.45, 7) is 4.55. The summed E-state index contributed by atoms with van der Waals surface area (Å²) in [7, 11) is 1.50. The van der Waals surface area contributed by atoms with Crippen LogP contribution in [0.1, 0.15) is 41.1 Å². The van der Waals surface area contributed by atoms with E-state index in [1.54, 1.807) is 22.6 Å². The van der Waals surface area contributed by atoms with Gasteiger partial charge >= 0.3 is 6.15 Å². The van der Waals surface area contributed by atoms with Crippen molar-refractivity contribution in [2.24, 2.45) is 0 Å². The Morgan fingerprint density at radius 1 is 1.19 bits per heavy atom. The lowest BCUT2D eigenvalue weighted by Gasteiger charge is -2.27. The van der Waals surface area contributed by atoms with Gasteiger partial charge in [0.25, 0.3) is 5.92 Å². The van der Waals surface area contributed by atoms with E-state index in [4.69, 9.17) is 37.5 Å². The number of aryl methyl sites for hydroxylation is 2. The van der Waals surface area contributed by atoms with E-state index in [-0.39, 0.29) is 23.5 Å². The van der Waals surface area contributed by atoms with Gasteiger partial charge in [-0.25, -0.2) is 8.78 Å². The number of halogens is 4. The van der Waals surface area contributed by atoms with Gasteiger partial charge < -0.3 is 9.84 Å². The third-order valence-electron chi connectivity index (χ3n) is 4.95. The van der Waals surface area contributed by atoms with Crippen molar-refractivity contribution < 1.29 is 28.2 Å². The van der Waals surface area contributed by atoms with Crippen molar-refractivity contribution in [1.82, 2.24) is 9.97 Å². The first-order valence-corrected chi connectivity index (χ1v) is 11.8. The van der Waals surface area contributed by atoms with Gasteiger partial charge in [-0.05, 0) is 61.7 Å². The molecule has 36 heavy (non-hydrogen) atoms. The van der Waals surface area contributed by atoms with Gasteiger partial charge in [0.05, 0.1) is 16.4 Å². The number of carbonyl (C=O) groups excluding carboxylic acids is 2. The average Bonchev–Trinajstić information content (AvgIpc) is 2.79. The van der Waals surface area contributed by atoms with Crippen molar-refractivity contribution in [1.29, 1.82) is 0 Å². The minimum absolute atomic E-state index is 0.0202. The Balaban J connectivity index is 0.00000145. The Hall–Kier alpha value is -2.59. The Labute approximate surface area is 221 Å². The Bertz CT molecular complexity index is 1220. The fraction of sp³-hybridized carbons (Fsp3) is 0.292. The molecule has 1 unspecified atom stereocenters. The van der Waals surface area contributed by atoms with Gasteiger partial charge in [0.2, 0.25) is 0 Å². The molecule has 0 saturated heterocycles. The van der Waals surface area contributed by atoms with Crippen LogP contribution in [-0.2, 0) is 20.2 Å². The van der Waals surface area contributed by atoms with Gasteiger partial charge in [-0.1, -0.05) is 23.2 Å². The molecule has 0 aliphatic heterocycles. The number of nitrogens with zero attached hydrogens (tertiary/aromatic N) is 3. The lowest BCUT2D eigenvalue weighted by atomic mass is 9.99. The Morgan fingerprint density at radius 2 is 1.86 bits per heavy atom. The summed E-state index contributed by atoms with van der Waals surface area (Å²) in [6, 6.07) is 7.85. The van der Waals surface area contributed by atoms with Crippen LogP contribution in [0.5, 0.6) is 0 Å². The number of aromatic nitrogens is 2. The van der Waals surface area contributed by atoms with Crippen LogP contribution in [0, 0.1) is 13.8 Å². The van der Waals surface area contributed by atoms with Gasteiger partial charge in [0.1, 0.15) is 12.8 Å². The molecule has 7 nitrogen and oxygen atoms in total. The lowest BCUT2D eigenvalue weighted by molar-refractivity contribution is -0.191. The molecule has 1 atom stereocenters. The second-order valence-electron chi connectivity index (χ2n) is 7.59. The zero-order chi connectivity index (χ0) is 27.0. The normalized spacial score (nSPS) is 11.8. The number of hydrogen-bond acceptors (Lipinski definition) is 8. The van der Waals surface area contributed by atoms with E-state index in [9.17, 15) is 13.9 Å². The van der Waals surface area contributed by atoms with E-state index < -0.39 is 12.0 Å². The molecule has 0 saturated carbocycles. The predicted octanol–water partition coefficient (Wildman–Crippen LogP) is 6.13. The number of aliphatic hydroxyl groups excluding tert-OH is 1. The number of ether oxygens (including phenoxy) is 1. The summed E-state index contributed by atoms with van der Waals surface area (Å²) in [6.07, 6.45) is 2.27. The van der Waals surface area contributed by atoms with E-state index in [0.717, 1.165) is 24.4 Å². The highest BCUT2D eigenvalue weighted by atomic mass is 35.5. The van der Waals surface area contributed by atoms with E-state index >= 15 is 0 Å². The Kier molecular flexibility index (Phi) is 10.8. The molecule has 0 fully saturated rings. The van der Waals surface area contributed by atoms with Crippen LogP contribution in [0.15, 0.2) is 47.6 Å². The summed E-state index contributed by atoms with van der Waals surface area (Å²) in [4.78, 5) is 25.4. The van der Waals surface area contributed by atoms with E-state index in [0.29, 0.717) is 32.6 Å². The van der Waals surface area contributed by atoms with Crippen LogP contribution < -0.4 is 4.31 Å². The van der Waals surface area contributed by atoms with Crippen LogP contribution >= 0.6 is 35.1 Å². The number of aliphatic hydroxyl groups is 1. The number of anilines is 1. The fourth-order valence-electron chi connectivity index (χ4n) is 3.39. The van der Waals surface area contributed by atoms with Gasteiger partial charge in [-0.3, -0.25) is 14.3 Å². The summed E-state index contributed by atoms with van der Waals surface area (Å²) in [5.74, 6) is -3.10. The van der Waals surface area contributed by atoms with Gasteiger partial charge in [-0.15, -0.1) is 0 Å². The summed E-state index contributed by atoms with van der Waals surface area (Å²) in [5, 5.41) is 11.6. The Morgan fingerprint density at radius 3 is 2.44 bits per heavy atom. The molecule has 0 aliphatic carbocycles. The average molecular weight is 558 g/mol. The van der Waals surface area contributed by atoms with Crippen LogP contribution in [0.2, 0.25) is 10.0 Å². The van der Waals surface area contributed by atoms with Gasteiger partial charge in [0, 0.05) is 53.2 Å². The molecule has 1 N–H and O–H groups in total. The molecule has 2 heterocycles. The monoisotopic (exact) mass is 557 g/mol. The van der Waals surface area contributed by atoms with Crippen molar-refractivity contribution in [3.8, 4) is 0 Å². The molecule has 0 bridgehead atoms. The van der Waals surface area contributed by atoms with Crippen LogP contribution in [0.4, 0.5) is 14.5 Å². The molecular weight excluding hydrogens is 535 g/mol.